The van der Waals surface area contributed by atoms with Crippen LogP contribution < -0.4 is 0 Å². The summed E-state index contributed by atoms with van der Waals surface area (Å²) in [5, 5.41) is 40.0. The Morgan fingerprint density at radius 1 is 0.582 bits per heavy atom. The molecule has 0 aromatic heterocycles. The molecule has 0 spiro atoms. The van der Waals surface area contributed by atoms with Crippen molar-refractivity contribution in [3.8, 4) is 0 Å². The molecule has 0 bridgehead atoms. The van der Waals surface area contributed by atoms with E-state index < -0.39 is 49.4 Å². The van der Waals surface area contributed by atoms with E-state index >= 15 is 0 Å². The van der Waals surface area contributed by atoms with Crippen LogP contribution in [0.2, 0.25) is 0 Å². The number of allylic oxidation sites excluding steroid dienone is 6. The number of aliphatic hydroxyl groups excluding tert-OH is 4. The van der Waals surface area contributed by atoms with Gasteiger partial charge in [-0.2, -0.15) is 0 Å². The molecule has 0 radical (unpaired) electrons. The summed E-state index contributed by atoms with van der Waals surface area (Å²) in [6, 6.07) is 0. The van der Waals surface area contributed by atoms with Crippen LogP contribution in [0.4, 0.5) is 0 Å². The van der Waals surface area contributed by atoms with Gasteiger partial charge in [0.1, 0.15) is 31.0 Å². The highest BCUT2D eigenvalue weighted by molar-refractivity contribution is 5.70. The van der Waals surface area contributed by atoms with E-state index in [0.29, 0.717) is 6.42 Å². The van der Waals surface area contributed by atoms with Crippen molar-refractivity contribution in [2.45, 2.75) is 218 Å². The number of esters is 2. The van der Waals surface area contributed by atoms with Gasteiger partial charge < -0.3 is 39.4 Å². The summed E-state index contributed by atoms with van der Waals surface area (Å²) in [5.74, 6) is -0.822. The number of unbranched alkanes of at least 4 members (excludes halogenated alkanes) is 19. The Bertz CT molecular complexity index is 996. The molecule has 320 valence electrons. The molecule has 1 aliphatic rings. The Hall–Kier alpha value is -2.08. The monoisotopic (exact) mass is 781 g/mol. The van der Waals surface area contributed by atoms with Crippen LogP contribution in [0.15, 0.2) is 36.5 Å². The highest BCUT2D eigenvalue weighted by Crippen LogP contribution is 2.22. The smallest absolute Gasteiger partial charge is 0.306 e. The summed E-state index contributed by atoms with van der Waals surface area (Å²) < 4.78 is 22.1. The zero-order valence-electron chi connectivity index (χ0n) is 34.7. The average molecular weight is 781 g/mol. The van der Waals surface area contributed by atoms with Crippen molar-refractivity contribution in [1.29, 1.82) is 0 Å². The highest BCUT2D eigenvalue weighted by Gasteiger charge is 2.44. The van der Waals surface area contributed by atoms with Crippen LogP contribution in [0.25, 0.3) is 0 Å². The van der Waals surface area contributed by atoms with Gasteiger partial charge in [-0.05, 0) is 44.9 Å². The summed E-state index contributed by atoms with van der Waals surface area (Å²) in [7, 11) is 0. The number of hydrogen-bond donors (Lipinski definition) is 4. The first kappa shape index (κ1) is 50.9. The van der Waals surface area contributed by atoms with Gasteiger partial charge in [0.25, 0.3) is 0 Å². The number of carbonyl (C=O) groups excluding carboxylic acids is 2. The highest BCUT2D eigenvalue weighted by atomic mass is 16.7. The third kappa shape index (κ3) is 28.0. The van der Waals surface area contributed by atoms with E-state index in [2.05, 4.69) is 50.3 Å². The molecule has 10 nitrogen and oxygen atoms in total. The molecule has 2 unspecified atom stereocenters. The molecule has 1 heterocycles. The normalized spacial score (nSPS) is 20.9. The van der Waals surface area contributed by atoms with Gasteiger partial charge >= 0.3 is 11.9 Å². The summed E-state index contributed by atoms with van der Waals surface area (Å²) in [5.41, 5.74) is 0. The molecular weight excluding hydrogens is 700 g/mol. The van der Waals surface area contributed by atoms with Crippen molar-refractivity contribution in [2.75, 3.05) is 19.8 Å². The van der Waals surface area contributed by atoms with Crippen molar-refractivity contribution < 1.29 is 49.0 Å². The lowest BCUT2D eigenvalue weighted by Crippen LogP contribution is -2.59. The van der Waals surface area contributed by atoms with Crippen molar-refractivity contribution in [3.63, 3.8) is 0 Å². The van der Waals surface area contributed by atoms with Gasteiger partial charge in [0.2, 0.25) is 0 Å². The fraction of sp³-hybridized carbons (Fsp3) is 0.822. The third-order valence-electron chi connectivity index (χ3n) is 10.0. The third-order valence-corrected chi connectivity index (χ3v) is 10.0. The minimum atomic E-state index is -1.60. The Balaban J connectivity index is 2.34. The number of hydrogen-bond acceptors (Lipinski definition) is 10. The molecule has 1 aliphatic heterocycles. The van der Waals surface area contributed by atoms with E-state index in [1.54, 1.807) is 0 Å². The standard InChI is InChI=1S/C45H80O10/c1-3-5-7-9-11-13-15-17-19-21-23-25-27-29-31-33-40(47)52-36-38(37-53-45-44(51)43(50)42(49)39(35-46)55-45)54-41(48)34-32-30-28-26-24-22-20-18-16-14-12-10-8-6-4-2/h6,8,12,14,18,20,38-39,42-46,49-51H,3-5,7,9-11,13,15-17,19,21-37H2,1-2H3/b8-6+,14-12+,20-18+/t38-,39-,42+,43?,44?,45-/m0/s1. The van der Waals surface area contributed by atoms with Crippen LogP contribution >= 0.6 is 0 Å². The summed E-state index contributed by atoms with van der Waals surface area (Å²) >= 11 is 0. The lowest BCUT2D eigenvalue weighted by molar-refractivity contribution is -0.305. The van der Waals surface area contributed by atoms with E-state index in [-0.39, 0.29) is 32.0 Å². The molecular formula is C45H80O10. The number of rotatable bonds is 36. The first-order valence-corrected chi connectivity index (χ1v) is 22.1. The second kappa shape index (κ2) is 36.3. The SMILES string of the molecule is CC/C=C/C/C=C/C/C=C/CCCCCCCC(=O)O[C@@H](COC(=O)CCCCCCCCCCCCCCCCC)CO[C@H]1O[C@@H](CO)[C@@H](O)C(O)C1O. The molecule has 6 atom stereocenters. The fourth-order valence-corrected chi connectivity index (χ4v) is 6.56. The molecule has 1 rings (SSSR count). The zero-order valence-corrected chi connectivity index (χ0v) is 34.7. The van der Waals surface area contributed by atoms with Crippen LogP contribution in [-0.4, -0.2) is 89.0 Å². The second-order valence-corrected chi connectivity index (χ2v) is 15.1. The van der Waals surface area contributed by atoms with Crippen LogP contribution in [0, 0.1) is 0 Å². The minimum Gasteiger partial charge on any atom is -0.462 e. The Labute approximate surface area is 334 Å². The lowest BCUT2D eigenvalue weighted by atomic mass is 9.99. The summed E-state index contributed by atoms with van der Waals surface area (Å²) in [6.07, 6.45) is 32.9. The minimum absolute atomic E-state index is 0.212. The Kier molecular flexibility index (Phi) is 33.6. The molecule has 0 saturated carbocycles. The molecule has 1 saturated heterocycles. The van der Waals surface area contributed by atoms with Crippen molar-refractivity contribution >= 4 is 11.9 Å². The first-order valence-electron chi connectivity index (χ1n) is 22.1. The molecule has 1 fully saturated rings. The maximum absolute atomic E-state index is 12.7. The van der Waals surface area contributed by atoms with Crippen molar-refractivity contribution in [1.82, 2.24) is 0 Å². The maximum atomic E-state index is 12.7. The average Bonchev–Trinajstić information content (AvgIpc) is 3.18. The molecule has 10 heteroatoms. The van der Waals surface area contributed by atoms with Gasteiger partial charge in [-0.3, -0.25) is 9.59 Å². The van der Waals surface area contributed by atoms with Gasteiger partial charge in [0.05, 0.1) is 13.2 Å². The molecule has 0 amide bonds. The van der Waals surface area contributed by atoms with Crippen LogP contribution in [0.5, 0.6) is 0 Å². The number of carbonyl (C=O) groups is 2. The van der Waals surface area contributed by atoms with Gasteiger partial charge in [0, 0.05) is 12.8 Å². The second-order valence-electron chi connectivity index (χ2n) is 15.1. The Morgan fingerprint density at radius 2 is 1.07 bits per heavy atom. The van der Waals surface area contributed by atoms with Gasteiger partial charge in [0.15, 0.2) is 12.4 Å². The van der Waals surface area contributed by atoms with Crippen LogP contribution in [-0.2, 0) is 28.5 Å². The summed E-state index contributed by atoms with van der Waals surface area (Å²) in [6.45, 7) is 3.30. The van der Waals surface area contributed by atoms with E-state index in [4.69, 9.17) is 18.9 Å². The van der Waals surface area contributed by atoms with Gasteiger partial charge in [-0.15, -0.1) is 0 Å². The predicted octanol–water partition coefficient (Wildman–Crippen LogP) is 9.11. The number of aliphatic hydroxyl groups is 4. The number of ether oxygens (including phenoxy) is 4. The van der Waals surface area contributed by atoms with Gasteiger partial charge in [-0.1, -0.05) is 159 Å². The van der Waals surface area contributed by atoms with Gasteiger partial charge in [-0.25, -0.2) is 0 Å². The topological polar surface area (TPSA) is 152 Å². The van der Waals surface area contributed by atoms with E-state index in [1.807, 2.05) is 0 Å². The van der Waals surface area contributed by atoms with Crippen molar-refractivity contribution in [3.05, 3.63) is 36.5 Å². The molecule has 0 aromatic carbocycles. The zero-order chi connectivity index (χ0) is 40.2. The maximum Gasteiger partial charge on any atom is 0.306 e. The molecule has 4 N–H and O–H groups in total. The first-order chi connectivity index (χ1) is 26.8. The van der Waals surface area contributed by atoms with Crippen LogP contribution in [0.3, 0.4) is 0 Å². The fourth-order valence-electron chi connectivity index (χ4n) is 6.56. The van der Waals surface area contributed by atoms with Crippen molar-refractivity contribution in [2.24, 2.45) is 0 Å². The molecule has 55 heavy (non-hydrogen) atoms. The van der Waals surface area contributed by atoms with Crippen LogP contribution in [0.1, 0.15) is 181 Å². The largest absolute Gasteiger partial charge is 0.462 e. The van der Waals surface area contributed by atoms with E-state index in [0.717, 1.165) is 70.6 Å². The lowest BCUT2D eigenvalue weighted by Gasteiger charge is -2.39. The van der Waals surface area contributed by atoms with E-state index in [9.17, 15) is 30.0 Å². The molecule has 0 aliphatic carbocycles. The molecule has 0 aromatic rings. The Morgan fingerprint density at radius 3 is 1.62 bits per heavy atom. The quantitative estimate of drug-likeness (QED) is 0.0275. The van der Waals surface area contributed by atoms with E-state index in [1.165, 1.54) is 77.0 Å². The predicted molar refractivity (Wildman–Crippen MR) is 219 cm³/mol. The summed E-state index contributed by atoms with van der Waals surface area (Å²) in [4.78, 5) is 25.3.